The van der Waals surface area contributed by atoms with Crippen molar-refractivity contribution in [1.82, 2.24) is 14.9 Å². The highest BCUT2D eigenvalue weighted by molar-refractivity contribution is 7.18. The number of benzene rings is 1. The van der Waals surface area contributed by atoms with Crippen LogP contribution >= 0.6 is 11.3 Å². The lowest BCUT2D eigenvalue weighted by atomic mass is 10.1. The monoisotopic (exact) mass is 368 g/mol. The lowest BCUT2D eigenvalue weighted by molar-refractivity contribution is 0.0746. The molecule has 26 heavy (non-hydrogen) atoms. The molecule has 134 valence electrons. The Bertz CT molecular complexity index is 948. The van der Waals surface area contributed by atoms with Gasteiger partial charge in [0, 0.05) is 36.6 Å². The molecule has 3 heterocycles. The average molecular weight is 368 g/mol. The number of carbonyl (C=O) groups is 1. The second kappa shape index (κ2) is 6.92. The van der Waals surface area contributed by atoms with Gasteiger partial charge in [-0.3, -0.25) is 4.79 Å². The van der Waals surface area contributed by atoms with Crippen molar-refractivity contribution >= 4 is 33.3 Å². The van der Waals surface area contributed by atoms with E-state index in [-0.39, 0.29) is 5.91 Å². The first-order valence-corrected chi connectivity index (χ1v) is 9.37. The summed E-state index contributed by atoms with van der Waals surface area (Å²) in [7, 11) is 1.61. The van der Waals surface area contributed by atoms with Gasteiger partial charge in [-0.1, -0.05) is 6.07 Å². The van der Waals surface area contributed by atoms with Crippen molar-refractivity contribution in [2.45, 2.75) is 6.92 Å². The zero-order chi connectivity index (χ0) is 18.1. The van der Waals surface area contributed by atoms with Crippen molar-refractivity contribution in [2.75, 3.05) is 38.2 Å². The van der Waals surface area contributed by atoms with Gasteiger partial charge in [0.1, 0.15) is 22.7 Å². The molecule has 0 N–H and O–H groups in total. The number of aryl methyl sites for hydroxylation is 1. The Morgan fingerprint density at radius 2 is 1.96 bits per heavy atom. The molecule has 0 radical (unpaired) electrons. The minimum Gasteiger partial charge on any atom is -0.497 e. The maximum absolute atomic E-state index is 12.8. The Kier molecular flexibility index (Phi) is 4.46. The number of ether oxygens (including phenoxy) is 1. The Morgan fingerprint density at radius 3 is 2.73 bits per heavy atom. The predicted molar refractivity (Wildman–Crippen MR) is 103 cm³/mol. The van der Waals surface area contributed by atoms with E-state index in [2.05, 4.69) is 27.9 Å². The van der Waals surface area contributed by atoms with Gasteiger partial charge in [0.15, 0.2) is 0 Å². The SMILES string of the molecule is COc1cccc(C(=O)N2CCN(c3ncnc4sc(C)cc34)CC2)c1. The van der Waals surface area contributed by atoms with Gasteiger partial charge in [0.2, 0.25) is 0 Å². The molecule has 3 aromatic rings. The topological polar surface area (TPSA) is 58.6 Å². The molecule has 0 bridgehead atoms. The van der Waals surface area contributed by atoms with Crippen LogP contribution in [-0.4, -0.2) is 54.1 Å². The number of nitrogens with zero attached hydrogens (tertiary/aromatic N) is 4. The van der Waals surface area contributed by atoms with Crippen molar-refractivity contribution in [3.63, 3.8) is 0 Å². The van der Waals surface area contributed by atoms with E-state index < -0.39 is 0 Å². The molecular formula is C19H20N4O2S. The highest BCUT2D eigenvalue weighted by Crippen LogP contribution is 2.30. The van der Waals surface area contributed by atoms with Gasteiger partial charge >= 0.3 is 0 Å². The van der Waals surface area contributed by atoms with Crippen molar-refractivity contribution in [3.8, 4) is 5.75 Å². The van der Waals surface area contributed by atoms with Gasteiger partial charge in [0.05, 0.1) is 12.5 Å². The van der Waals surface area contributed by atoms with Crippen LogP contribution in [-0.2, 0) is 0 Å². The summed E-state index contributed by atoms with van der Waals surface area (Å²) in [5.41, 5.74) is 0.663. The van der Waals surface area contributed by atoms with E-state index in [0.29, 0.717) is 24.4 Å². The van der Waals surface area contributed by atoms with Crippen molar-refractivity contribution in [3.05, 3.63) is 47.1 Å². The summed E-state index contributed by atoms with van der Waals surface area (Å²) < 4.78 is 5.22. The van der Waals surface area contributed by atoms with Crippen LogP contribution < -0.4 is 9.64 Å². The molecule has 0 aliphatic carbocycles. The first-order chi connectivity index (χ1) is 12.7. The summed E-state index contributed by atoms with van der Waals surface area (Å²) in [6.07, 6.45) is 1.63. The van der Waals surface area contributed by atoms with Gasteiger partial charge < -0.3 is 14.5 Å². The predicted octanol–water partition coefficient (Wildman–Crippen LogP) is 2.97. The smallest absolute Gasteiger partial charge is 0.254 e. The number of amides is 1. The van der Waals surface area contributed by atoms with E-state index in [1.807, 2.05) is 23.1 Å². The zero-order valence-electron chi connectivity index (χ0n) is 14.8. The number of rotatable bonds is 3. The molecule has 6 nitrogen and oxygen atoms in total. The number of aromatic nitrogens is 2. The highest BCUT2D eigenvalue weighted by atomic mass is 32.1. The average Bonchev–Trinajstić information content (AvgIpc) is 3.07. The lowest BCUT2D eigenvalue weighted by Gasteiger charge is -2.35. The van der Waals surface area contributed by atoms with Crippen LogP contribution in [0.2, 0.25) is 0 Å². The van der Waals surface area contributed by atoms with E-state index in [0.717, 1.165) is 29.1 Å². The van der Waals surface area contributed by atoms with E-state index in [9.17, 15) is 4.79 Å². The lowest BCUT2D eigenvalue weighted by Crippen LogP contribution is -2.49. The van der Waals surface area contributed by atoms with E-state index in [1.54, 1.807) is 30.8 Å². The van der Waals surface area contributed by atoms with Crippen LogP contribution in [0.5, 0.6) is 5.75 Å². The number of thiophene rings is 1. The molecular weight excluding hydrogens is 348 g/mol. The molecule has 1 saturated heterocycles. The van der Waals surface area contributed by atoms with Gasteiger partial charge in [-0.25, -0.2) is 9.97 Å². The Hall–Kier alpha value is -2.67. The zero-order valence-corrected chi connectivity index (χ0v) is 15.6. The van der Waals surface area contributed by atoms with Crippen molar-refractivity contribution in [1.29, 1.82) is 0 Å². The molecule has 0 unspecified atom stereocenters. The third-order valence-electron chi connectivity index (χ3n) is 4.61. The third-order valence-corrected chi connectivity index (χ3v) is 5.57. The van der Waals surface area contributed by atoms with Crippen LogP contribution in [0.1, 0.15) is 15.2 Å². The standard InChI is InChI=1S/C19H20N4O2S/c1-13-10-16-17(20-12-21-18(16)26-13)22-6-8-23(9-7-22)19(24)14-4-3-5-15(11-14)25-2/h3-5,10-12H,6-9H2,1-2H3. The van der Waals surface area contributed by atoms with Crippen LogP contribution in [0.25, 0.3) is 10.2 Å². The summed E-state index contributed by atoms with van der Waals surface area (Å²) >= 11 is 1.68. The summed E-state index contributed by atoms with van der Waals surface area (Å²) in [5.74, 6) is 1.71. The first-order valence-electron chi connectivity index (χ1n) is 8.55. The number of methoxy groups -OCH3 is 1. The molecule has 0 spiro atoms. The summed E-state index contributed by atoms with van der Waals surface area (Å²) in [5, 5.41) is 1.10. The maximum atomic E-state index is 12.8. The quantitative estimate of drug-likeness (QED) is 0.711. The summed E-state index contributed by atoms with van der Waals surface area (Å²) in [6, 6.07) is 9.45. The molecule has 4 rings (SSSR count). The van der Waals surface area contributed by atoms with Crippen molar-refractivity contribution in [2.24, 2.45) is 0 Å². The fourth-order valence-electron chi connectivity index (χ4n) is 3.28. The summed E-state index contributed by atoms with van der Waals surface area (Å²) in [4.78, 5) is 28.0. The van der Waals surface area contributed by atoms with Gasteiger partial charge in [0.25, 0.3) is 5.91 Å². The van der Waals surface area contributed by atoms with E-state index in [4.69, 9.17) is 4.74 Å². The number of hydrogen-bond donors (Lipinski definition) is 0. The third kappa shape index (κ3) is 3.10. The Balaban J connectivity index is 1.49. The second-order valence-corrected chi connectivity index (χ2v) is 7.52. The molecule has 1 aliphatic heterocycles. The number of piperazine rings is 1. The fourth-order valence-corrected chi connectivity index (χ4v) is 4.12. The van der Waals surface area contributed by atoms with Crippen LogP contribution in [0.4, 0.5) is 5.82 Å². The second-order valence-electron chi connectivity index (χ2n) is 6.28. The Morgan fingerprint density at radius 1 is 1.15 bits per heavy atom. The van der Waals surface area contributed by atoms with E-state index in [1.165, 1.54) is 4.88 Å². The summed E-state index contributed by atoms with van der Waals surface area (Å²) in [6.45, 7) is 4.95. The minimum absolute atomic E-state index is 0.0442. The number of fused-ring (bicyclic) bond motifs is 1. The highest BCUT2D eigenvalue weighted by Gasteiger charge is 2.24. The molecule has 1 aliphatic rings. The van der Waals surface area contributed by atoms with Gasteiger partial charge in [-0.15, -0.1) is 11.3 Å². The number of hydrogen-bond acceptors (Lipinski definition) is 6. The molecule has 1 fully saturated rings. The molecule has 1 aromatic carbocycles. The van der Waals surface area contributed by atoms with E-state index >= 15 is 0 Å². The maximum Gasteiger partial charge on any atom is 0.254 e. The van der Waals surface area contributed by atoms with Crippen LogP contribution in [0, 0.1) is 6.92 Å². The normalized spacial score (nSPS) is 14.7. The minimum atomic E-state index is 0.0442. The first kappa shape index (κ1) is 16.8. The van der Waals surface area contributed by atoms with Crippen LogP contribution in [0.15, 0.2) is 36.7 Å². The number of anilines is 1. The molecule has 1 amide bonds. The van der Waals surface area contributed by atoms with Crippen molar-refractivity contribution < 1.29 is 9.53 Å². The fraction of sp³-hybridized carbons (Fsp3) is 0.316. The Labute approximate surface area is 156 Å². The largest absolute Gasteiger partial charge is 0.497 e. The van der Waals surface area contributed by atoms with Crippen LogP contribution in [0.3, 0.4) is 0 Å². The molecule has 7 heteroatoms. The van der Waals surface area contributed by atoms with Gasteiger partial charge in [-0.05, 0) is 31.2 Å². The van der Waals surface area contributed by atoms with Gasteiger partial charge in [-0.2, -0.15) is 0 Å². The molecule has 0 atom stereocenters. The molecule has 2 aromatic heterocycles. The molecule has 0 saturated carbocycles. The number of carbonyl (C=O) groups excluding carboxylic acids is 1.